The number of hydrogen-bond donors (Lipinski definition) is 1. The molecule has 1 aromatic rings. The summed E-state index contributed by atoms with van der Waals surface area (Å²) >= 11 is 0. The molecule has 0 radical (unpaired) electrons. The minimum Gasteiger partial charge on any atom is -0.405 e. The first kappa shape index (κ1) is 7.45. The summed E-state index contributed by atoms with van der Waals surface area (Å²) in [7, 11) is 0. The predicted octanol–water partition coefficient (Wildman–Crippen LogP) is 1.47. The molecule has 56 valence electrons. The van der Waals surface area contributed by atoms with Crippen molar-refractivity contribution in [2.24, 2.45) is 0 Å². The topological polar surface area (TPSA) is 38.7 Å². The van der Waals surface area contributed by atoms with E-state index in [1.165, 1.54) is 0 Å². The third kappa shape index (κ3) is 2.61. The van der Waals surface area contributed by atoms with Crippen molar-refractivity contribution in [3.05, 3.63) is 30.3 Å². The fourth-order valence-electron chi connectivity index (χ4n) is 0.587. The lowest BCUT2D eigenvalue weighted by atomic mass is 10.3. The molecule has 0 aromatic heterocycles. The highest BCUT2D eigenvalue weighted by atomic mass is 17.1. The van der Waals surface area contributed by atoms with Gasteiger partial charge < -0.3 is 4.74 Å². The second kappa shape index (κ2) is 4.20. The van der Waals surface area contributed by atoms with Gasteiger partial charge in [-0.1, -0.05) is 18.2 Å². The largest absolute Gasteiger partial charge is 0.405 e. The maximum Gasteiger partial charge on any atom is 0.201 e. The van der Waals surface area contributed by atoms with Crippen molar-refractivity contribution >= 4 is 0 Å². The molecule has 1 rings (SSSR count). The van der Waals surface area contributed by atoms with Crippen LogP contribution >= 0.6 is 0 Å². The first-order valence-corrected chi connectivity index (χ1v) is 2.96. The summed E-state index contributed by atoms with van der Waals surface area (Å²) in [6.07, 6.45) is 4.01. The summed E-state index contributed by atoms with van der Waals surface area (Å²) in [6.45, 7) is 0. The average molecular weight is 150 g/mol. The molecule has 0 heterocycles. The quantitative estimate of drug-likeness (QED) is 0.374. The molecule has 0 fully saturated rings. The van der Waals surface area contributed by atoms with Crippen LogP contribution in [0.4, 0.5) is 0 Å². The molecule has 0 aliphatic heterocycles. The van der Waals surface area contributed by atoms with Crippen molar-refractivity contribution in [1.29, 1.82) is 0 Å². The van der Waals surface area contributed by atoms with Crippen LogP contribution in [0.5, 0.6) is 5.75 Å². The number of rotatable bonds is 1. The SMILES string of the molecule is OOC#COc1ccccc1. The highest BCUT2D eigenvalue weighted by molar-refractivity contribution is 5.22. The van der Waals surface area contributed by atoms with Gasteiger partial charge in [-0.15, -0.1) is 0 Å². The van der Waals surface area contributed by atoms with Crippen LogP contribution in [-0.2, 0) is 4.89 Å². The van der Waals surface area contributed by atoms with E-state index < -0.39 is 0 Å². The van der Waals surface area contributed by atoms with Gasteiger partial charge in [0.25, 0.3) is 0 Å². The molecule has 3 nitrogen and oxygen atoms in total. The minimum atomic E-state index is 0.608. The Morgan fingerprint density at radius 3 is 2.45 bits per heavy atom. The van der Waals surface area contributed by atoms with E-state index >= 15 is 0 Å². The van der Waals surface area contributed by atoms with Crippen LogP contribution in [0, 0.1) is 12.2 Å². The second-order valence-corrected chi connectivity index (χ2v) is 1.71. The second-order valence-electron chi connectivity index (χ2n) is 1.71. The van der Waals surface area contributed by atoms with E-state index in [1.54, 1.807) is 12.1 Å². The first-order valence-electron chi connectivity index (χ1n) is 2.96. The van der Waals surface area contributed by atoms with Crippen molar-refractivity contribution in [2.75, 3.05) is 0 Å². The van der Waals surface area contributed by atoms with Crippen molar-refractivity contribution in [2.45, 2.75) is 0 Å². The zero-order valence-corrected chi connectivity index (χ0v) is 5.65. The lowest BCUT2D eigenvalue weighted by molar-refractivity contribution is -0.172. The summed E-state index contributed by atoms with van der Waals surface area (Å²) in [6, 6.07) is 8.98. The van der Waals surface area contributed by atoms with Crippen molar-refractivity contribution in [3.8, 4) is 18.0 Å². The Morgan fingerprint density at radius 2 is 1.82 bits per heavy atom. The van der Waals surface area contributed by atoms with Gasteiger partial charge in [0.05, 0.1) is 0 Å². The molecular weight excluding hydrogens is 144 g/mol. The van der Waals surface area contributed by atoms with E-state index in [9.17, 15) is 0 Å². The Morgan fingerprint density at radius 1 is 1.09 bits per heavy atom. The summed E-state index contributed by atoms with van der Waals surface area (Å²) in [5, 5.41) is 7.79. The van der Waals surface area contributed by atoms with Gasteiger partial charge in [0.15, 0.2) is 6.11 Å². The van der Waals surface area contributed by atoms with Gasteiger partial charge in [-0.3, -0.25) is 4.89 Å². The first-order chi connectivity index (χ1) is 5.43. The molecule has 0 amide bonds. The molecule has 0 unspecified atom stereocenters. The third-order valence-corrected chi connectivity index (χ3v) is 0.999. The molecule has 0 saturated heterocycles. The van der Waals surface area contributed by atoms with E-state index in [0.29, 0.717) is 5.75 Å². The lowest BCUT2D eigenvalue weighted by Gasteiger charge is -1.92. The Labute approximate surface area is 64.1 Å². The van der Waals surface area contributed by atoms with E-state index in [0.717, 1.165) is 0 Å². The Kier molecular flexibility index (Phi) is 2.85. The van der Waals surface area contributed by atoms with E-state index in [2.05, 4.69) is 11.0 Å². The van der Waals surface area contributed by atoms with Gasteiger partial charge in [-0.2, -0.15) is 5.26 Å². The number of para-hydroxylation sites is 1. The van der Waals surface area contributed by atoms with Crippen LogP contribution in [0.1, 0.15) is 0 Å². The lowest BCUT2D eigenvalue weighted by Crippen LogP contribution is -1.81. The van der Waals surface area contributed by atoms with Crippen LogP contribution < -0.4 is 4.74 Å². The Bertz CT molecular complexity index is 258. The van der Waals surface area contributed by atoms with Crippen molar-refractivity contribution in [1.82, 2.24) is 0 Å². The zero-order chi connectivity index (χ0) is 7.94. The molecular formula is C8H6O3. The molecule has 11 heavy (non-hydrogen) atoms. The van der Waals surface area contributed by atoms with Gasteiger partial charge >= 0.3 is 0 Å². The summed E-state index contributed by atoms with van der Waals surface area (Å²) in [5.74, 6) is 0.608. The Balaban J connectivity index is 2.52. The van der Waals surface area contributed by atoms with Gasteiger partial charge in [0, 0.05) is 0 Å². The number of hydrogen-bond acceptors (Lipinski definition) is 3. The van der Waals surface area contributed by atoms with Crippen LogP contribution in [0.3, 0.4) is 0 Å². The van der Waals surface area contributed by atoms with Crippen LogP contribution in [-0.4, -0.2) is 5.26 Å². The highest BCUT2D eigenvalue weighted by Crippen LogP contribution is 2.06. The fourth-order valence-corrected chi connectivity index (χ4v) is 0.587. The number of benzene rings is 1. The molecule has 0 bridgehead atoms. The van der Waals surface area contributed by atoms with Gasteiger partial charge in [-0.05, 0) is 12.1 Å². The summed E-state index contributed by atoms with van der Waals surface area (Å²) in [5.41, 5.74) is 0. The van der Waals surface area contributed by atoms with Gasteiger partial charge in [0.1, 0.15) is 5.75 Å². The minimum absolute atomic E-state index is 0.608. The number of ether oxygens (including phenoxy) is 1. The standard InChI is InChI=1S/C8H6O3/c9-11-7-6-10-8-4-2-1-3-5-8/h1-5,9H. The van der Waals surface area contributed by atoms with Crippen LogP contribution in [0.15, 0.2) is 30.3 Å². The smallest absolute Gasteiger partial charge is 0.201 e. The molecule has 0 atom stereocenters. The Hall–Kier alpha value is -1.66. The molecule has 0 aliphatic rings. The van der Waals surface area contributed by atoms with E-state index in [-0.39, 0.29) is 0 Å². The maximum absolute atomic E-state index is 7.79. The molecule has 1 N–H and O–H groups in total. The summed E-state index contributed by atoms with van der Waals surface area (Å²) < 4.78 is 4.80. The fraction of sp³-hybridized carbons (Fsp3) is 0. The predicted molar refractivity (Wildman–Crippen MR) is 38.6 cm³/mol. The molecule has 1 aromatic carbocycles. The summed E-state index contributed by atoms with van der Waals surface area (Å²) in [4.78, 5) is 3.48. The highest BCUT2D eigenvalue weighted by Gasteiger charge is 1.84. The van der Waals surface area contributed by atoms with E-state index in [4.69, 9.17) is 9.99 Å². The van der Waals surface area contributed by atoms with Gasteiger partial charge in [0.2, 0.25) is 6.11 Å². The van der Waals surface area contributed by atoms with Crippen molar-refractivity contribution < 1.29 is 14.9 Å². The normalized spacial score (nSPS) is 7.73. The van der Waals surface area contributed by atoms with Crippen molar-refractivity contribution in [3.63, 3.8) is 0 Å². The maximum atomic E-state index is 7.79. The van der Waals surface area contributed by atoms with Crippen LogP contribution in [0.2, 0.25) is 0 Å². The molecule has 3 heteroatoms. The van der Waals surface area contributed by atoms with Gasteiger partial charge in [-0.25, -0.2) is 0 Å². The molecule has 0 spiro atoms. The van der Waals surface area contributed by atoms with E-state index in [1.807, 2.05) is 24.3 Å². The third-order valence-electron chi connectivity index (χ3n) is 0.999. The van der Waals surface area contributed by atoms with Crippen LogP contribution in [0.25, 0.3) is 0 Å². The monoisotopic (exact) mass is 150 g/mol. The zero-order valence-electron chi connectivity index (χ0n) is 5.65. The average Bonchev–Trinajstić information content (AvgIpc) is 2.07. The molecule has 0 saturated carbocycles. The molecule has 0 aliphatic carbocycles.